The second-order valence-electron chi connectivity index (χ2n) is 4.34. The zero-order valence-corrected chi connectivity index (χ0v) is 9.76. The van der Waals surface area contributed by atoms with Crippen LogP contribution < -0.4 is 5.32 Å². The minimum Gasteiger partial charge on any atom is -0.316 e. The van der Waals surface area contributed by atoms with E-state index in [0.717, 1.165) is 17.4 Å². The molecule has 1 aliphatic rings. The van der Waals surface area contributed by atoms with Crippen LogP contribution in [0.1, 0.15) is 24.8 Å². The first-order valence-corrected chi connectivity index (χ1v) is 6.18. The van der Waals surface area contributed by atoms with Crippen LogP contribution in [-0.4, -0.2) is 13.1 Å². The van der Waals surface area contributed by atoms with Gasteiger partial charge in [-0.2, -0.15) is 0 Å². The summed E-state index contributed by atoms with van der Waals surface area (Å²) in [6.07, 6.45) is 5.08. The predicted molar refractivity (Wildman–Crippen MR) is 65.4 cm³/mol. The van der Waals surface area contributed by atoms with Crippen LogP contribution in [0.3, 0.4) is 0 Å². The molecule has 0 spiro atoms. The first kappa shape index (κ1) is 11.0. The van der Waals surface area contributed by atoms with E-state index in [4.69, 9.17) is 11.6 Å². The number of rotatable bonds is 3. The fraction of sp³-hybridized carbons (Fsp3) is 0.538. The lowest BCUT2D eigenvalue weighted by atomic mass is 9.93. The molecular formula is C13H18ClN. The molecular weight excluding hydrogens is 206 g/mol. The highest BCUT2D eigenvalue weighted by Gasteiger charge is 2.12. The van der Waals surface area contributed by atoms with Crippen molar-refractivity contribution in [2.75, 3.05) is 13.1 Å². The summed E-state index contributed by atoms with van der Waals surface area (Å²) >= 11 is 6.13. The summed E-state index contributed by atoms with van der Waals surface area (Å²) in [6, 6.07) is 8.18. The Morgan fingerprint density at radius 2 is 2.20 bits per heavy atom. The molecule has 15 heavy (non-hydrogen) atoms. The van der Waals surface area contributed by atoms with Crippen molar-refractivity contribution < 1.29 is 0 Å². The second-order valence-corrected chi connectivity index (χ2v) is 4.75. The van der Waals surface area contributed by atoms with Crippen molar-refractivity contribution in [1.82, 2.24) is 5.32 Å². The minimum atomic E-state index is 0.843. The monoisotopic (exact) mass is 223 g/mol. The quantitative estimate of drug-likeness (QED) is 0.830. The van der Waals surface area contributed by atoms with E-state index < -0.39 is 0 Å². The van der Waals surface area contributed by atoms with Gasteiger partial charge in [-0.3, -0.25) is 0 Å². The Morgan fingerprint density at radius 3 is 2.93 bits per heavy atom. The van der Waals surface area contributed by atoms with Gasteiger partial charge < -0.3 is 5.32 Å². The zero-order valence-electron chi connectivity index (χ0n) is 9.01. The lowest BCUT2D eigenvalue weighted by Crippen LogP contribution is -2.29. The van der Waals surface area contributed by atoms with Gasteiger partial charge in [0, 0.05) is 5.02 Å². The molecule has 0 amide bonds. The Bertz CT molecular complexity index is 305. The highest BCUT2D eigenvalue weighted by Crippen LogP contribution is 2.21. The summed E-state index contributed by atoms with van der Waals surface area (Å²) in [6.45, 7) is 2.38. The van der Waals surface area contributed by atoms with Gasteiger partial charge in [0.05, 0.1) is 0 Å². The third-order valence-corrected chi connectivity index (χ3v) is 3.55. The molecule has 1 N–H and O–H groups in total. The lowest BCUT2D eigenvalue weighted by Gasteiger charge is -2.22. The molecule has 1 atom stereocenters. The maximum atomic E-state index is 6.13. The maximum absolute atomic E-state index is 6.13. The molecule has 1 saturated heterocycles. The minimum absolute atomic E-state index is 0.843. The van der Waals surface area contributed by atoms with Crippen molar-refractivity contribution in [3.63, 3.8) is 0 Å². The number of halogens is 1. The van der Waals surface area contributed by atoms with Gasteiger partial charge in [0.25, 0.3) is 0 Å². The highest BCUT2D eigenvalue weighted by atomic mass is 35.5. The maximum Gasteiger partial charge on any atom is 0.0437 e. The fourth-order valence-electron chi connectivity index (χ4n) is 2.23. The van der Waals surface area contributed by atoms with E-state index in [-0.39, 0.29) is 0 Å². The Hall–Kier alpha value is -0.530. The van der Waals surface area contributed by atoms with Crippen LogP contribution in [0.5, 0.6) is 0 Å². The van der Waals surface area contributed by atoms with Gasteiger partial charge in [0.15, 0.2) is 0 Å². The molecule has 1 heterocycles. The van der Waals surface area contributed by atoms with E-state index in [0.29, 0.717) is 0 Å². The van der Waals surface area contributed by atoms with Crippen LogP contribution in [0.2, 0.25) is 5.02 Å². The summed E-state index contributed by atoms with van der Waals surface area (Å²) in [7, 11) is 0. The first-order valence-electron chi connectivity index (χ1n) is 5.80. The summed E-state index contributed by atoms with van der Waals surface area (Å²) < 4.78 is 0. The molecule has 82 valence electrons. The average Bonchev–Trinajstić information content (AvgIpc) is 2.29. The standard InChI is InChI=1S/C13H18ClN/c14-13-6-2-1-5-12(13)8-7-11-4-3-9-15-10-11/h1-2,5-6,11,15H,3-4,7-10H2. The molecule has 0 radical (unpaired) electrons. The smallest absolute Gasteiger partial charge is 0.0437 e. The zero-order chi connectivity index (χ0) is 10.5. The van der Waals surface area contributed by atoms with E-state index in [1.165, 1.54) is 37.9 Å². The highest BCUT2D eigenvalue weighted by molar-refractivity contribution is 6.31. The Kier molecular flexibility index (Phi) is 4.04. The van der Waals surface area contributed by atoms with Crippen molar-refractivity contribution >= 4 is 11.6 Å². The Morgan fingerprint density at radius 1 is 1.33 bits per heavy atom. The van der Waals surface area contributed by atoms with Crippen molar-refractivity contribution in [2.24, 2.45) is 5.92 Å². The van der Waals surface area contributed by atoms with Crippen LogP contribution in [-0.2, 0) is 6.42 Å². The van der Waals surface area contributed by atoms with Crippen LogP contribution in [0.15, 0.2) is 24.3 Å². The van der Waals surface area contributed by atoms with Crippen molar-refractivity contribution in [1.29, 1.82) is 0 Å². The van der Waals surface area contributed by atoms with Crippen LogP contribution >= 0.6 is 11.6 Å². The summed E-state index contributed by atoms with van der Waals surface area (Å²) in [5.41, 5.74) is 1.30. The van der Waals surface area contributed by atoms with Gasteiger partial charge in [-0.15, -0.1) is 0 Å². The van der Waals surface area contributed by atoms with Gasteiger partial charge in [-0.25, -0.2) is 0 Å². The van der Waals surface area contributed by atoms with E-state index in [2.05, 4.69) is 17.4 Å². The van der Waals surface area contributed by atoms with E-state index in [9.17, 15) is 0 Å². The summed E-state index contributed by atoms with van der Waals surface area (Å²) in [5.74, 6) is 0.843. The second kappa shape index (κ2) is 5.53. The summed E-state index contributed by atoms with van der Waals surface area (Å²) in [4.78, 5) is 0. The van der Waals surface area contributed by atoms with Crippen molar-refractivity contribution in [3.8, 4) is 0 Å². The Labute approximate surface area is 96.8 Å². The van der Waals surface area contributed by atoms with Gasteiger partial charge >= 0.3 is 0 Å². The molecule has 1 aliphatic heterocycles. The van der Waals surface area contributed by atoms with Gasteiger partial charge in [0.1, 0.15) is 0 Å². The topological polar surface area (TPSA) is 12.0 Å². The van der Waals surface area contributed by atoms with Crippen LogP contribution in [0.4, 0.5) is 0 Å². The molecule has 2 heteroatoms. The molecule has 1 fully saturated rings. The largest absolute Gasteiger partial charge is 0.316 e. The van der Waals surface area contributed by atoms with Crippen molar-refractivity contribution in [3.05, 3.63) is 34.9 Å². The Balaban J connectivity index is 1.84. The normalized spacial score (nSPS) is 21.5. The number of nitrogens with one attached hydrogen (secondary N) is 1. The molecule has 0 saturated carbocycles. The molecule has 2 rings (SSSR count). The number of aryl methyl sites for hydroxylation is 1. The van der Waals surface area contributed by atoms with E-state index in [1.807, 2.05) is 12.1 Å². The number of hydrogen-bond acceptors (Lipinski definition) is 1. The van der Waals surface area contributed by atoms with Crippen molar-refractivity contribution in [2.45, 2.75) is 25.7 Å². The molecule has 0 bridgehead atoms. The lowest BCUT2D eigenvalue weighted by molar-refractivity contribution is 0.358. The molecule has 0 aromatic heterocycles. The van der Waals surface area contributed by atoms with Gasteiger partial charge in [0.2, 0.25) is 0 Å². The number of hydrogen-bond donors (Lipinski definition) is 1. The number of piperidine rings is 1. The molecule has 1 unspecified atom stereocenters. The third kappa shape index (κ3) is 3.22. The SMILES string of the molecule is Clc1ccccc1CCC1CCCNC1. The number of benzene rings is 1. The molecule has 1 aromatic carbocycles. The van der Waals surface area contributed by atoms with E-state index in [1.54, 1.807) is 0 Å². The van der Waals surface area contributed by atoms with Crippen LogP contribution in [0.25, 0.3) is 0 Å². The van der Waals surface area contributed by atoms with Crippen LogP contribution in [0, 0.1) is 5.92 Å². The predicted octanol–water partition coefficient (Wildman–Crippen LogP) is 3.27. The molecule has 0 aliphatic carbocycles. The van der Waals surface area contributed by atoms with E-state index >= 15 is 0 Å². The summed E-state index contributed by atoms with van der Waals surface area (Å²) in [5, 5.41) is 4.37. The van der Waals surface area contributed by atoms with Gasteiger partial charge in [-0.05, 0) is 56.3 Å². The average molecular weight is 224 g/mol. The first-order chi connectivity index (χ1) is 7.36. The fourth-order valence-corrected chi connectivity index (χ4v) is 2.46. The molecule has 1 nitrogen and oxygen atoms in total. The third-order valence-electron chi connectivity index (χ3n) is 3.18. The molecule has 1 aromatic rings. The van der Waals surface area contributed by atoms with Gasteiger partial charge in [-0.1, -0.05) is 29.8 Å².